The quantitative estimate of drug-likeness (QED) is 0.417. The lowest BCUT2D eigenvalue weighted by molar-refractivity contribution is 0.102. The van der Waals surface area contributed by atoms with Crippen molar-refractivity contribution in [2.75, 3.05) is 10.0 Å². The van der Waals surface area contributed by atoms with Crippen molar-refractivity contribution in [3.05, 3.63) is 95.1 Å². The van der Waals surface area contributed by atoms with Crippen LogP contribution < -0.4 is 10.0 Å². The molecule has 0 saturated carbocycles. The van der Waals surface area contributed by atoms with Gasteiger partial charge in [-0.2, -0.15) is 0 Å². The summed E-state index contributed by atoms with van der Waals surface area (Å²) in [6.45, 7) is 0. The molecule has 4 rings (SSSR count). The van der Waals surface area contributed by atoms with Gasteiger partial charge in [0, 0.05) is 27.3 Å². The summed E-state index contributed by atoms with van der Waals surface area (Å²) >= 11 is 3.31. The number of nitrogens with one attached hydrogen (secondary N) is 2. The van der Waals surface area contributed by atoms with E-state index in [2.05, 4.69) is 31.0 Å². The molecule has 1 amide bonds. The average molecular weight is 482 g/mol. The Morgan fingerprint density at radius 3 is 2.43 bits per heavy atom. The first-order valence-corrected chi connectivity index (χ1v) is 11.2. The molecule has 0 fully saturated rings. The normalized spacial score (nSPS) is 11.2. The predicted octanol–water partition coefficient (Wildman–Crippen LogP) is 5.05. The summed E-state index contributed by atoms with van der Waals surface area (Å²) < 4.78 is 28.8. The van der Waals surface area contributed by atoms with Gasteiger partial charge in [0.25, 0.3) is 15.9 Å². The summed E-state index contributed by atoms with van der Waals surface area (Å²) in [6.07, 6.45) is 1.65. The molecule has 0 saturated heterocycles. The molecule has 3 aromatic carbocycles. The fourth-order valence-corrected chi connectivity index (χ4v) is 4.30. The van der Waals surface area contributed by atoms with E-state index in [0.29, 0.717) is 16.9 Å². The number of pyridine rings is 1. The van der Waals surface area contributed by atoms with E-state index in [1.807, 2.05) is 24.3 Å². The molecule has 2 N–H and O–H groups in total. The van der Waals surface area contributed by atoms with Crippen LogP contribution in [0, 0.1) is 0 Å². The van der Waals surface area contributed by atoms with Crippen LogP contribution in [-0.2, 0) is 10.0 Å². The van der Waals surface area contributed by atoms with Gasteiger partial charge >= 0.3 is 0 Å². The zero-order valence-corrected chi connectivity index (χ0v) is 17.9. The molecule has 8 heteroatoms. The van der Waals surface area contributed by atoms with Gasteiger partial charge in [0.15, 0.2) is 0 Å². The van der Waals surface area contributed by atoms with E-state index < -0.39 is 15.9 Å². The maximum atomic E-state index is 12.8. The number of amides is 1. The van der Waals surface area contributed by atoms with Crippen molar-refractivity contribution in [3.8, 4) is 0 Å². The SMILES string of the molecule is O=C(Nc1cccc2cccnc12)c1cccc(S(=O)(=O)Nc2ccc(Br)cc2)c1. The zero-order valence-electron chi connectivity index (χ0n) is 15.5. The van der Waals surface area contributed by atoms with E-state index in [1.165, 1.54) is 18.2 Å². The second kappa shape index (κ2) is 8.25. The minimum atomic E-state index is -3.85. The van der Waals surface area contributed by atoms with Crippen LogP contribution in [0.25, 0.3) is 10.9 Å². The van der Waals surface area contributed by atoms with Gasteiger partial charge in [0.05, 0.1) is 16.1 Å². The molecule has 30 heavy (non-hydrogen) atoms. The van der Waals surface area contributed by atoms with Crippen molar-refractivity contribution in [3.63, 3.8) is 0 Å². The van der Waals surface area contributed by atoms with Gasteiger partial charge in [-0.15, -0.1) is 0 Å². The minimum absolute atomic E-state index is 0.00545. The molecule has 0 aliphatic rings. The van der Waals surface area contributed by atoms with Crippen LogP contribution in [0.2, 0.25) is 0 Å². The highest BCUT2D eigenvalue weighted by atomic mass is 79.9. The van der Waals surface area contributed by atoms with Gasteiger partial charge in [0.2, 0.25) is 0 Å². The molecule has 6 nitrogen and oxygen atoms in total. The number of rotatable bonds is 5. The van der Waals surface area contributed by atoms with Crippen molar-refractivity contribution in [1.29, 1.82) is 0 Å². The summed E-state index contributed by atoms with van der Waals surface area (Å²) in [4.78, 5) is 17.1. The van der Waals surface area contributed by atoms with E-state index in [-0.39, 0.29) is 10.5 Å². The zero-order chi connectivity index (χ0) is 21.1. The molecule has 0 spiro atoms. The average Bonchev–Trinajstić information content (AvgIpc) is 2.75. The van der Waals surface area contributed by atoms with Crippen LogP contribution in [0.3, 0.4) is 0 Å². The number of carbonyl (C=O) groups is 1. The number of fused-ring (bicyclic) bond motifs is 1. The Bertz CT molecular complexity index is 1330. The van der Waals surface area contributed by atoms with Gasteiger partial charge in [-0.05, 0) is 54.6 Å². The Labute approximate surface area is 182 Å². The highest BCUT2D eigenvalue weighted by molar-refractivity contribution is 9.10. The highest BCUT2D eigenvalue weighted by Crippen LogP contribution is 2.23. The molecule has 0 aliphatic heterocycles. The summed E-state index contributed by atoms with van der Waals surface area (Å²) in [5, 5.41) is 3.71. The predicted molar refractivity (Wildman–Crippen MR) is 121 cm³/mol. The molecular formula is C22H16BrN3O3S. The van der Waals surface area contributed by atoms with Crippen LogP contribution in [0.4, 0.5) is 11.4 Å². The second-order valence-electron chi connectivity index (χ2n) is 6.48. The van der Waals surface area contributed by atoms with Crippen LogP contribution >= 0.6 is 15.9 Å². The summed E-state index contributed by atoms with van der Waals surface area (Å²) in [5.74, 6) is -0.422. The monoisotopic (exact) mass is 481 g/mol. The van der Waals surface area contributed by atoms with E-state index in [1.54, 1.807) is 42.6 Å². The first-order valence-electron chi connectivity index (χ1n) is 8.96. The Hall–Kier alpha value is -3.23. The smallest absolute Gasteiger partial charge is 0.261 e. The third-order valence-corrected chi connectivity index (χ3v) is 6.29. The van der Waals surface area contributed by atoms with E-state index in [4.69, 9.17) is 0 Å². The lowest BCUT2D eigenvalue weighted by Crippen LogP contribution is -2.16. The van der Waals surface area contributed by atoms with E-state index >= 15 is 0 Å². The minimum Gasteiger partial charge on any atom is -0.320 e. The summed E-state index contributed by atoms with van der Waals surface area (Å²) in [7, 11) is -3.85. The van der Waals surface area contributed by atoms with Crippen molar-refractivity contribution >= 4 is 54.1 Å². The van der Waals surface area contributed by atoms with E-state index in [0.717, 1.165) is 9.86 Å². The topological polar surface area (TPSA) is 88.2 Å². The molecule has 150 valence electrons. The number of aromatic nitrogens is 1. The third-order valence-electron chi connectivity index (χ3n) is 4.38. The number of hydrogen-bond donors (Lipinski definition) is 2. The van der Waals surface area contributed by atoms with Crippen molar-refractivity contribution in [2.24, 2.45) is 0 Å². The van der Waals surface area contributed by atoms with Crippen molar-refractivity contribution in [2.45, 2.75) is 4.90 Å². The maximum Gasteiger partial charge on any atom is 0.261 e. The van der Waals surface area contributed by atoms with Gasteiger partial charge in [0.1, 0.15) is 0 Å². The number of nitrogens with zero attached hydrogens (tertiary/aromatic N) is 1. The van der Waals surface area contributed by atoms with E-state index in [9.17, 15) is 13.2 Å². The Kier molecular flexibility index (Phi) is 5.52. The van der Waals surface area contributed by atoms with Crippen LogP contribution in [-0.4, -0.2) is 19.3 Å². The fourth-order valence-electron chi connectivity index (χ4n) is 2.94. The number of halogens is 1. The number of anilines is 2. The number of hydrogen-bond acceptors (Lipinski definition) is 4. The lowest BCUT2D eigenvalue weighted by Gasteiger charge is -2.11. The Morgan fingerprint density at radius 2 is 1.63 bits per heavy atom. The van der Waals surface area contributed by atoms with Crippen LogP contribution in [0.1, 0.15) is 10.4 Å². The van der Waals surface area contributed by atoms with Gasteiger partial charge in [-0.1, -0.05) is 40.2 Å². The molecule has 0 atom stereocenters. The number of benzene rings is 3. The molecule has 0 unspecified atom stereocenters. The molecule has 4 aromatic rings. The van der Waals surface area contributed by atoms with Crippen LogP contribution in [0.5, 0.6) is 0 Å². The second-order valence-corrected chi connectivity index (χ2v) is 9.07. The molecule has 0 bridgehead atoms. The number of sulfonamides is 1. The first-order chi connectivity index (χ1) is 14.4. The Balaban J connectivity index is 1.59. The summed E-state index contributed by atoms with van der Waals surface area (Å²) in [6, 6.07) is 21.8. The van der Waals surface area contributed by atoms with Gasteiger partial charge in [-0.3, -0.25) is 14.5 Å². The van der Waals surface area contributed by atoms with Crippen LogP contribution in [0.15, 0.2) is 94.4 Å². The molecule has 0 radical (unpaired) electrons. The number of para-hydroxylation sites is 1. The number of carbonyl (C=O) groups excluding carboxylic acids is 1. The molecule has 1 heterocycles. The lowest BCUT2D eigenvalue weighted by atomic mass is 10.1. The molecule has 0 aliphatic carbocycles. The third kappa shape index (κ3) is 4.34. The highest BCUT2D eigenvalue weighted by Gasteiger charge is 2.17. The summed E-state index contributed by atoms with van der Waals surface area (Å²) in [5.41, 5.74) is 1.87. The van der Waals surface area contributed by atoms with Gasteiger partial charge < -0.3 is 5.32 Å². The largest absolute Gasteiger partial charge is 0.320 e. The first kappa shape index (κ1) is 20.1. The van der Waals surface area contributed by atoms with Crippen molar-refractivity contribution in [1.82, 2.24) is 4.98 Å². The molecule has 1 aromatic heterocycles. The Morgan fingerprint density at radius 1 is 0.900 bits per heavy atom. The van der Waals surface area contributed by atoms with Crippen molar-refractivity contribution < 1.29 is 13.2 Å². The fraction of sp³-hybridized carbons (Fsp3) is 0. The standard InChI is InChI=1S/C22H16BrN3O3S/c23-17-9-11-18(12-10-17)26-30(28,29)19-7-1-5-16(14-19)22(27)25-20-8-2-4-15-6-3-13-24-21(15)20/h1-14,26H,(H,25,27). The molecular weight excluding hydrogens is 466 g/mol. The maximum absolute atomic E-state index is 12.8. The van der Waals surface area contributed by atoms with Gasteiger partial charge in [-0.25, -0.2) is 8.42 Å².